The number of nitrogens with zero attached hydrogens (tertiary/aromatic N) is 1. The third kappa shape index (κ3) is 5.33. The largest absolute Gasteiger partial charge is 0.353 e. The molecule has 0 aromatic carbocycles. The van der Waals surface area contributed by atoms with Crippen LogP contribution in [0.15, 0.2) is 18.6 Å². The lowest BCUT2D eigenvalue weighted by Crippen LogP contribution is -2.43. The van der Waals surface area contributed by atoms with Crippen molar-refractivity contribution in [2.45, 2.75) is 44.2 Å². The van der Waals surface area contributed by atoms with Gasteiger partial charge >= 0.3 is 0 Å². The summed E-state index contributed by atoms with van der Waals surface area (Å²) in [6.07, 6.45) is 10.3. The first-order valence-electron chi connectivity index (χ1n) is 7.64. The van der Waals surface area contributed by atoms with E-state index in [4.69, 9.17) is 5.73 Å². The average Bonchev–Trinajstić information content (AvgIpc) is 3.01. The zero-order valence-corrected chi connectivity index (χ0v) is 12.5. The minimum Gasteiger partial charge on any atom is -0.353 e. The molecule has 1 heterocycles. The van der Waals surface area contributed by atoms with Gasteiger partial charge in [0, 0.05) is 37.3 Å². The number of amides is 2. The Kier molecular flexibility index (Phi) is 6.14. The van der Waals surface area contributed by atoms with Crippen molar-refractivity contribution >= 4 is 17.9 Å². The number of hydrogen-bond acceptors (Lipinski definition) is 4. The Balaban J connectivity index is 1.68. The number of aromatic nitrogens is 2. The number of rotatable bonds is 6. The number of carbonyl (C=O) groups excluding carboxylic acids is 2. The highest BCUT2D eigenvalue weighted by molar-refractivity contribution is 5.91. The Morgan fingerprint density at radius 3 is 2.55 bits per heavy atom. The summed E-state index contributed by atoms with van der Waals surface area (Å²) < 4.78 is 0. The number of nitrogens with one attached hydrogen (secondary N) is 3. The molecule has 1 aliphatic carbocycles. The van der Waals surface area contributed by atoms with Gasteiger partial charge in [-0.25, -0.2) is 4.98 Å². The molecular weight excluding hydrogens is 282 g/mol. The van der Waals surface area contributed by atoms with Crippen molar-refractivity contribution in [3.05, 3.63) is 24.3 Å². The van der Waals surface area contributed by atoms with Crippen LogP contribution in [0.25, 0.3) is 6.08 Å². The minimum absolute atomic E-state index is 0.0110. The molecule has 120 valence electrons. The molecule has 5 N–H and O–H groups in total. The summed E-state index contributed by atoms with van der Waals surface area (Å²) in [4.78, 5) is 30.2. The van der Waals surface area contributed by atoms with Gasteiger partial charge in [-0.1, -0.05) is 0 Å². The number of nitrogens with two attached hydrogens (primary N) is 1. The summed E-state index contributed by atoms with van der Waals surface area (Å²) in [5.41, 5.74) is 6.08. The van der Waals surface area contributed by atoms with E-state index in [2.05, 4.69) is 20.6 Å². The molecule has 1 aromatic heterocycles. The Bertz CT molecular complexity index is 504. The van der Waals surface area contributed by atoms with Gasteiger partial charge in [-0.3, -0.25) is 9.59 Å². The summed E-state index contributed by atoms with van der Waals surface area (Å²) in [7, 11) is 0. The van der Waals surface area contributed by atoms with Crippen molar-refractivity contribution in [1.29, 1.82) is 0 Å². The highest BCUT2D eigenvalue weighted by atomic mass is 16.2. The van der Waals surface area contributed by atoms with Gasteiger partial charge in [0.2, 0.25) is 11.8 Å². The minimum atomic E-state index is -0.112. The molecule has 0 bridgehead atoms. The van der Waals surface area contributed by atoms with Crippen molar-refractivity contribution in [3.63, 3.8) is 0 Å². The van der Waals surface area contributed by atoms with E-state index in [9.17, 15) is 9.59 Å². The van der Waals surface area contributed by atoms with Gasteiger partial charge in [0.15, 0.2) is 0 Å². The van der Waals surface area contributed by atoms with Crippen LogP contribution in [0.5, 0.6) is 0 Å². The molecule has 1 saturated carbocycles. The van der Waals surface area contributed by atoms with Crippen LogP contribution in [-0.2, 0) is 9.59 Å². The van der Waals surface area contributed by atoms with Crippen molar-refractivity contribution in [1.82, 2.24) is 20.6 Å². The quantitative estimate of drug-likeness (QED) is 0.567. The number of H-pyrrole nitrogens is 1. The van der Waals surface area contributed by atoms with Crippen LogP contribution >= 0.6 is 0 Å². The Labute approximate surface area is 129 Å². The smallest absolute Gasteiger partial charge is 0.244 e. The number of hydrogen-bond donors (Lipinski definition) is 4. The molecule has 2 amide bonds. The van der Waals surface area contributed by atoms with Gasteiger partial charge in [-0.2, -0.15) is 0 Å². The van der Waals surface area contributed by atoms with Crippen molar-refractivity contribution in [3.8, 4) is 0 Å². The monoisotopic (exact) mass is 305 g/mol. The Hall–Kier alpha value is -2.15. The summed E-state index contributed by atoms with van der Waals surface area (Å²) in [6.45, 7) is 0.375. The molecule has 1 aromatic rings. The first kappa shape index (κ1) is 16.2. The van der Waals surface area contributed by atoms with Crippen LogP contribution < -0.4 is 16.4 Å². The molecule has 22 heavy (non-hydrogen) atoms. The third-order valence-corrected chi connectivity index (χ3v) is 3.73. The lowest BCUT2D eigenvalue weighted by atomic mass is 9.91. The molecule has 2 rings (SSSR count). The predicted molar refractivity (Wildman–Crippen MR) is 83.6 cm³/mol. The van der Waals surface area contributed by atoms with Crippen LogP contribution in [-0.4, -0.2) is 40.4 Å². The van der Waals surface area contributed by atoms with E-state index >= 15 is 0 Å². The second-order valence-corrected chi connectivity index (χ2v) is 5.49. The van der Waals surface area contributed by atoms with E-state index in [1.165, 1.54) is 6.08 Å². The molecule has 1 fully saturated rings. The maximum Gasteiger partial charge on any atom is 0.244 e. The van der Waals surface area contributed by atoms with Crippen LogP contribution in [0.2, 0.25) is 0 Å². The highest BCUT2D eigenvalue weighted by Crippen LogP contribution is 2.18. The summed E-state index contributed by atoms with van der Waals surface area (Å²) in [5, 5.41) is 5.96. The molecule has 0 aliphatic heterocycles. The molecule has 7 nitrogen and oxygen atoms in total. The molecule has 0 saturated heterocycles. The summed E-state index contributed by atoms with van der Waals surface area (Å²) in [5.74, 6) is -0.101. The van der Waals surface area contributed by atoms with Crippen LogP contribution in [0.1, 0.15) is 37.8 Å². The van der Waals surface area contributed by atoms with Crippen molar-refractivity contribution in [2.75, 3.05) is 6.54 Å². The molecule has 0 atom stereocenters. The van der Waals surface area contributed by atoms with E-state index in [0.29, 0.717) is 13.0 Å². The zero-order valence-electron chi connectivity index (χ0n) is 12.5. The van der Waals surface area contributed by atoms with E-state index in [1.54, 1.807) is 18.6 Å². The second-order valence-electron chi connectivity index (χ2n) is 5.49. The normalized spacial score (nSPS) is 21.7. The fourth-order valence-electron chi connectivity index (χ4n) is 2.59. The summed E-state index contributed by atoms with van der Waals surface area (Å²) in [6, 6.07) is 0.366. The number of aromatic amines is 1. The maximum atomic E-state index is 11.8. The predicted octanol–water partition coefficient (Wildman–Crippen LogP) is 0.315. The van der Waals surface area contributed by atoms with Gasteiger partial charge < -0.3 is 21.4 Å². The molecule has 0 radical (unpaired) electrons. The highest BCUT2D eigenvalue weighted by Gasteiger charge is 2.22. The third-order valence-electron chi connectivity index (χ3n) is 3.73. The van der Waals surface area contributed by atoms with Gasteiger partial charge in [0.25, 0.3) is 0 Å². The fraction of sp³-hybridized carbons (Fsp3) is 0.533. The molecule has 1 aliphatic rings. The first-order chi connectivity index (χ1) is 10.7. The van der Waals surface area contributed by atoms with E-state index in [1.807, 2.05) is 0 Å². The maximum absolute atomic E-state index is 11.8. The SMILES string of the molecule is NCCC(=O)N[C@H]1CC[C@H](NC(=O)/C=C/c2c[nH]cn2)CC1. The first-order valence-corrected chi connectivity index (χ1v) is 7.64. The molecule has 0 unspecified atom stereocenters. The van der Waals surface area contributed by atoms with Crippen LogP contribution in [0.4, 0.5) is 0 Å². The Morgan fingerprint density at radius 2 is 1.95 bits per heavy atom. The molecule has 7 heteroatoms. The van der Waals surface area contributed by atoms with E-state index < -0.39 is 0 Å². The molecule has 0 spiro atoms. The molecular formula is C15H23N5O2. The average molecular weight is 305 g/mol. The standard InChI is InChI=1S/C15H23N5O2/c16-8-7-15(22)20-12-3-1-11(2-4-12)19-14(21)6-5-13-9-17-10-18-13/h5-6,9-12H,1-4,7-8,16H2,(H,17,18)(H,19,21)(H,20,22)/b6-5+/t11-,12-. The van der Waals surface area contributed by atoms with E-state index in [0.717, 1.165) is 31.4 Å². The lowest BCUT2D eigenvalue weighted by Gasteiger charge is -2.29. The van der Waals surface area contributed by atoms with Gasteiger partial charge in [-0.05, 0) is 31.8 Å². The van der Waals surface area contributed by atoms with Crippen LogP contribution in [0, 0.1) is 0 Å². The van der Waals surface area contributed by atoms with E-state index in [-0.39, 0.29) is 23.9 Å². The lowest BCUT2D eigenvalue weighted by molar-refractivity contribution is -0.122. The zero-order chi connectivity index (χ0) is 15.8. The van der Waals surface area contributed by atoms with Gasteiger partial charge in [0.05, 0.1) is 12.0 Å². The van der Waals surface area contributed by atoms with Crippen molar-refractivity contribution in [2.24, 2.45) is 5.73 Å². The number of carbonyl (C=O) groups is 2. The van der Waals surface area contributed by atoms with Gasteiger partial charge in [-0.15, -0.1) is 0 Å². The topological polar surface area (TPSA) is 113 Å². The van der Waals surface area contributed by atoms with Crippen molar-refractivity contribution < 1.29 is 9.59 Å². The Morgan fingerprint density at radius 1 is 1.27 bits per heavy atom. The van der Waals surface area contributed by atoms with Crippen LogP contribution in [0.3, 0.4) is 0 Å². The number of imidazole rings is 1. The summed E-state index contributed by atoms with van der Waals surface area (Å²) >= 11 is 0. The fourth-order valence-corrected chi connectivity index (χ4v) is 2.59. The van der Waals surface area contributed by atoms with Gasteiger partial charge in [0.1, 0.15) is 0 Å². The second kappa shape index (κ2) is 8.33.